The van der Waals surface area contributed by atoms with Gasteiger partial charge in [0.15, 0.2) is 0 Å². The van der Waals surface area contributed by atoms with E-state index in [1.165, 1.54) is 0 Å². The summed E-state index contributed by atoms with van der Waals surface area (Å²) in [6.07, 6.45) is 4.67. The number of aromatic nitrogens is 2. The van der Waals surface area contributed by atoms with Gasteiger partial charge in [-0.05, 0) is 69.0 Å². The normalized spacial score (nSPS) is 12.0. The Balaban J connectivity index is 1.48. The van der Waals surface area contributed by atoms with Gasteiger partial charge in [0, 0.05) is 36.0 Å². The number of carbonyl (C=O) groups excluding carboxylic acids is 1. The molecule has 2 N–H and O–H groups in total. The SMILES string of the molecule is Cc1cccn2cc(-c3ccc(CC(CCC(=O)O)NC(=O)c4ccc(OC(C)C)c(Cl)c4)cc3)nc12. The number of ether oxygens (including phenoxy) is 1. The van der Waals surface area contributed by atoms with E-state index in [1.54, 1.807) is 18.2 Å². The summed E-state index contributed by atoms with van der Waals surface area (Å²) in [6.45, 7) is 5.83. The molecule has 1 unspecified atom stereocenters. The quantitative estimate of drug-likeness (QED) is 0.270. The Labute approximate surface area is 221 Å². The second-order valence-electron chi connectivity index (χ2n) is 9.36. The molecule has 0 bridgehead atoms. The molecule has 0 saturated heterocycles. The summed E-state index contributed by atoms with van der Waals surface area (Å²) in [5.74, 6) is -0.712. The summed E-state index contributed by atoms with van der Waals surface area (Å²) in [6, 6.07) is 16.5. The van der Waals surface area contributed by atoms with Gasteiger partial charge in [-0.25, -0.2) is 4.98 Å². The number of rotatable bonds is 10. The van der Waals surface area contributed by atoms with Crippen molar-refractivity contribution in [2.45, 2.75) is 52.2 Å². The first-order chi connectivity index (χ1) is 17.7. The average Bonchev–Trinajstić information content (AvgIpc) is 3.30. The number of fused-ring (bicyclic) bond motifs is 1. The molecule has 0 aliphatic heterocycles. The monoisotopic (exact) mass is 519 g/mol. The van der Waals surface area contributed by atoms with Gasteiger partial charge in [0.25, 0.3) is 5.91 Å². The van der Waals surface area contributed by atoms with E-state index in [9.17, 15) is 14.7 Å². The van der Waals surface area contributed by atoms with Crippen LogP contribution in [0.5, 0.6) is 5.75 Å². The molecule has 192 valence electrons. The molecule has 1 atom stereocenters. The maximum atomic E-state index is 13.0. The lowest BCUT2D eigenvalue weighted by Crippen LogP contribution is -2.37. The Bertz CT molecular complexity index is 1410. The molecule has 2 aromatic carbocycles. The fraction of sp³-hybridized carbons (Fsp3) is 0.276. The van der Waals surface area contributed by atoms with Gasteiger partial charge in [0.2, 0.25) is 0 Å². The predicted octanol–water partition coefficient (Wildman–Crippen LogP) is 5.96. The van der Waals surface area contributed by atoms with Gasteiger partial charge in [-0.3, -0.25) is 9.59 Å². The van der Waals surface area contributed by atoms with Gasteiger partial charge in [-0.2, -0.15) is 0 Å². The molecule has 2 heterocycles. The second-order valence-corrected chi connectivity index (χ2v) is 9.77. The minimum atomic E-state index is -0.907. The van der Waals surface area contributed by atoms with E-state index in [1.807, 2.05) is 74.0 Å². The maximum absolute atomic E-state index is 13.0. The van der Waals surface area contributed by atoms with Crippen LogP contribution >= 0.6 is 11.6 Å². The zero-order valence-electron chi connectivity index (χ0n) is 21.1. The number of halogens is 1. The number of hydrogen-bond donors (Lipinski definition) is 2. The largest absolute Gasteiger partial charge is 0.489 e. The van der Waals surface area contributed by atoms with Crippen LogP contribution in [0.4, 0.5) is 0 Å². The van der Waals surface area contributed by atoms with Crippen LogP contribution in [0.2, 0.25) is 5.02 Å². The second kappa shape index (κ2) is 11.5. The highest BCUT2D eigenvalue weighted by atomic mass is 35.5. The van der Waals surface area contributed by atoms with Gasteiger partial charge in [-0.1, -0.05) is 41.9 Å². The van der Waals surface area contributed by atoms with Gasteiger partial charge in [0.1, 0.15) is 11.4 Å². The van der Waals surface area contributed by atoms with Gasteiger partial charge < -0.3 is 19.6 Å². The summed E-state index contributed by atoms with van der Waals surface area (Å²) >= 11 is 6.30. The lowest BCUT2D eigenvalue weighted by atomic mass is 9.99. The first-order valence-electron chi connectivity index (χ1n) is 12.2. The topological polar surface area (TPSA) is 92.9 Å². The van der Waals surface area contributed by atoms with Crippen molar-refractivity contribution in [1.29, 1.82) is 0 Å². The van der Waals surface area contributed by atoms with Crippen molar-refractivity contribution in [1.82, 2.24) is 14.7 Å². The summed E-state index contributed by atoms with van der Waals surface area (Å²) in [7, 11) is 0. The minimum absolute atomic E-state index is 0.0409. The van der Waals surface area contributed by atoms with Gasteiger partial charge in [-0.15, -0.1) is 0 Å². The third kappa shape index (κ3) is 6.68. The smallest absolute Gasteiger partial charge is 0.303 e. The first kappa shape index (κ1) is 26.2. The van der Waals surface area contributed by atoms with Crippen molar-refractivity contribution >= 4 is 29.1 Å². The first-order valence-corrected chi connectivity index (χ1v) is 12.6. The number of aliphatic carboxylic acids is 1. The molecule has 0 radical (unpaired) electrons. The van der Waals surface area contributed by atoms with Crippen molar-refractivity contribution in [3.63, 3.8) is 0 Å². The summed E-state index contributed by atoms with van der Waals surface area (Å²) in [5.41, 5.74) is 5.25. The molecular weight excluding hydrogens is 490 g/mol. The lowest BCUT2D eigenvalue weighted by molar-refractivity contribution is -0.137. The van der Waals surface area contributed by atoms with E-state index in [0.717, 1.165) is 28.0 Å². The number of aryl methyl sites for hydroxylation is 1. The number of imidazole rings is 1. The number of amides is 1. The fourth-order valence-electron chi connectivity index (χ4n) is 4.17. The highest BCUT2D eigenvalue weighted by Crippen LogP contribution is 2.27. The number of carbonyl (C=O) groups is 2. The zero-order chi connectivity index (χ0) is 26.5. The minimum Gasteiger partial charge on any atom is -0.489 e. The standard InChI is InChI=1S/C29H30ClN3O4/c1-18(2)37-26-12-10-22(16-24(26)30)29(36)31-23(11-13-27(34)35)15-20-6-8-21(9-7-20)25-17-33-14-4-5-19(3)28(33)32-25/h4-10,12,14,16-18,23H,11,13,15H2,1-3H3,(H,31,36)(H,34,35). The number of hydrogen-bond acceptors (Lipinski definition) is 4. The van der Waals surface area contributed by atoms with Gasteiger partial charge >= 0.3 is 5.97 Å². The molecule has 0 aliphatic rings. The highest BCUT2D eigenvalue weighted by molar-refractivity contribution is 6.32. The van der Waals surface area contributed by atoms with E-state index in [2.05, 4.69) is 5.32 Å². The van der Waals surface area contributed by atoms with Crippen LogP contribution in [0.15, 0.2) is 67.0 Å². The third-order valence-electron chi connectivity index (χ3n) is 6.01. The average molecular weight is 520 g/mol. The number of pyridine rings is 1. The Hall–Kier alpha value is -3.84. The van der Waals surface area contributed by atoms with E-state index in [0.29, 0.717) is 29.2 Å². The maximum Gasteiger partial charge on any atom is 0.303 e. The lowest BCUT2D eigenvalue weighted by Gasteiger charge is -2.19. The number of carboxylic acids is 1. The molecule has 0 saturated carbocycles. The van der Waals surface area contributed by atoms with Crippen LogP contribution in [-0.2, 0) is 11.2 Å². The zero-order valence-corrected chi connectivity index (χ0v) is 21.8. The molecule has 4 aromatic rings. The van der Waals surface area contributed by atoms with Crippen LogP contribution in [0, 0.1) is 6.92 Å². The molecular formula is C29H30ClN3O4. The third-order valence-corrected chi connectivity index (χ3v) is 6.30. The Kier molecular flexibility index (Phi) is 8.14. The molecule has 4 rings (SSSR count). The Morgan fingerprint density at radius 3 is 2.54 bits per heavy atom. The molecule has 37 heavy (non-hydrogen) atoms. The number of nitrogens with zero attached hydrogens (tertiary/aromatic N) is 2. The van der Waals surface area contributed by atoms with Crippen molar-refractivity contribution in [2.75, 3.05) is 0 Å². The number of carboxylic acid groups (broad SMARTS) is 1. The van der Waals surface area contributed by atoms with E-state index >= 15 is 0 Å². The molecule has 0 fully saturated rings. The number of nitrogens with one attached hydrogen (secondary N) is 1. The van der Waals surface area contributed by atoms with Crippen molar-refractivity contribution in [3.05, 3.63) is 88.7 Å². The predicted molar refractivity (Wildman–Crippen MR) is 144 cm³/mol. The van der Waals surface area contributed by atoms with Gasteiger partial charge in [0.05, 0.1) is 16.8 Å². The Morgan fingerprint density at radius 2 is 1.89 bits per heavy atom. The molecule has 2 aromatic heterocycles. The molecule has 0 aliphatic carbocycles. The van der Waals surface area contributed by atoms with Crippen LogP contribution in [-0.4, -0.2) is 38.5 Å². The molecule has 8 heteroatoms. The fourth-order valence-corrected chi connectivity index (χ4v) is 4.40. The molecule has 1 amide bonds. The van der Waals surface area contributed by atoms with Crippen LogP contribution in [0.25, 0.3) is 16.9 Å². The van der Waals surface area contributed by atoms with Crippen molar-refractivity contribution in [3.8, 4) is 17.0 Å². The summed E-state index contributed by atoms with van der Waals surface area (Å²) in [5, 5.41) is 12.5. The Morgan fingerprint density at radius 1 is 1.14 bits per heavy atom. The number of benzene rings is 2. The molecule has 0 spiro atoms. The van der Waals surface area contributed by atoms with Crippen molar-refractivity contribution in [2.24, 2.45) is 0 Å². The molecule has 7 nitrogen and oxygen atoms in total. The highest BCUT2D eigenvalue weighted by Gasteiger charge is 2.18. The van der Waals surface area contributed by atoms with E-state index in [4.69, 9.17) is 21.3 Å². The van der Waals surface area contributed by atoms with Crippen LogP contribution in [0.1, 0.15) is 48.2 Å². The summed E-state index contributed by atoms with van der Waals surface area (Å²) in [4.78, 5) is 28.9. The van der Waals surface area contributed by atoms with Crippen LogP contribution in [0.3, 0.4) is 0 Å². The van der Waals surface area contributed by atoms with Crippen LogP contribution < -0.4 is 10.1 Å². The van der Waals surface area contributed by atoms with Crippen molar-refractivity contribution < 1.29 is 19.4 Å². The van der Waals surface area contributed by atoms with E-state index < -0.39 is 5.97 Å². The van der Waals surface area contributed by atoms with E-state index in [-0.39, 0.29) is 24.5 Å². The summed E-state index contributed by atoms with van der Waals surface area (Å²) < 4.78 is 7.64.